The predicted octanol–water partition coefficient (Wildman–Crippen LogP) is 5.62. The van der Waals surface area contributed by atoms with E-state index in [-0.39, 0.29) is 6.17 Å². The molecule has 2 aliphatic rings. The standard InChI is InChI=1S/C25H20N2O/c1-3-7-20(8-4-1)24-18-26-25-17-21(15-16-27(24)25)19-11-13-23(14-12-19)28-22-9-5-2-6-10-22/h1-18,25-26H. The van der Waals surface area contributed by atoms with Gasteiger partial charge in [0.25, 0.3) is 0 Å². The van der Waals surface area contributed by atoms with Crippen LogP contribution in [0.3, 0.4) is 0 Å². The van der Waals surface area contributed by atoms with E-state index in [1.165, 1.54) is 22.4 Å². The van der Waals surface area contributed by atoms with E-state index < -0.39 is 0 Å². The van der Waals surface area contributed by atoms with Crippen molar-refractivity contribution in [2.24, 2.45) is 0 Å². The fourth-order valence-corrected chi connectivity index (χ4v) is 3.53. The average molecular weight is 364 g/mol. The number of fused-ring (bicyclic) bond motifs is 1. The number of allylic oxidation sites excluding steroid dienone is 2. The lowest BCUT2D eigenvalue weighted by Gasteiger charge is -2.27. The lowest BCUT2D eigenvalue weighted by Crippen LogP contribution is -2.32. The first-order chi connectivity index (χ1) is 13.9. The summed E-state index contributed by atoms with van der Waals surface area (Å²) in [5, 5.41) is 3.46. The van der Waals surface area contributed by atoms with E-state index in [2.05, 4.69) is 71.2 Å². The second-order valence-corrected chi connectivity index (χ2v) is 6.79. The molecule has 0 amide bonds. The summed E-state index contributed by atoms with van der Waals surface area (Å²) in [6.07, 6.45) is 8.77. The third-order valence-corrected chi connectivity index (χ3v) is 4.96. The van der Waals surface area contributed by atoms with Crippen LogP contribution < -0.4 is 10.1 Å². The zero-order valence-corrected chi connectivity index (χ0v) is 15.3. The van der Waals surface area contributed by atoms with Crippen LogP contribution in [-0.2, 0) is 0 Å². The van der Waals surface area contributed by atoms with Crippen molar-refractivity contribution >= 4 is 11.3 Å². The van der Waals surface area contributed by atoms with Crippen LogP contribution >= 0.6 is 0 Å². The van der Waals surface area contributed by atoms with Gasteiger partial charge >= 0.3 is 0 Å². The van der Waals surface area contributed by atoms with E-state index in [9.17, 15) is 0 Å². The van der Waals surface area contributed by atoms with Gasteiger partial charge < -0.3 is 15.0 Å². The Kier molecular flexibility index (Phi) is 4.19. The van der Waals surface area contributed by atoms with E-state index in [1.807, 2.05) is 48.5 Å². The molecular formula is C25H20N2O. The van der Waals surface area contributed by atoms with Gasteiger partial charge in [-0.15, -0.1) is 0 Å². The third kappa shape index (κ3) is 3.19. The van der Waals surface area contributed by atoms with E-state index in [0.717, 1.165) is 11.5 Å². The van der Waals surface area contributed by atoms with Crippen LogP contribution in [0.15, 0.2) is 109 Å². The van der Waals surface area contributed by atoms with Crippen LogP contribution in [0.25, 0.3) is 11.3 Å². The molecular weight excluding hydrogens is 344 g/mol. The molecule has 0 spiro atoms. The number of benzene rings is 3. The van der Waals surface area contributed by atoms with Crippen LogP contribution in [0.1, 0.15) is 11.1 Å². The second-order valence-electron chi connectivity index (χ2n) is 6.79. The summed E-state index contributed by atoms with van der Waals surface area (Å²) < 4.78 is 5.89. The Morgan fingerprint density at radius 3 is 2.14 bits per heavy atom. The van der Waals surface area contributed by atoms with Gasteiger partial charge in [-0.05, 0) is 53.1 Å². The van der Waals surface area contributed by atoms with E-state index in [0.29, 0.717) is 0 Å². The molecule has 3 heteroatoms. The molecule has 0 aromatic heterocycles. The van der Waals surface area contributed by atoms with Crippen LogP contribution in [0.4, 0.5) is 0 Å². The fourth-order valence-electron chi connectivity index (χ4n) is 3.53. The summed E-state index contributed by atoms with van der Waals surface area (Å²) >= 11 is 0. The summed E-state index contributed by atoms with van der Waals surface area (Å²) in [4.78, 5) is 2.26. The molecule has 1 atom stereocenters. The normalized spacial score (nSPS) is 17.4. The van der Waals surface area contributed by atoms with Crippen molar-refractivity contribution in [2.75, 3.05) is 0 Å². The highest BCUT2D eigenvalue weighted by molar-refractivity contribution is 5.78. The first-order valence-corrected chi connectivity index (χ1v) is 9.40. The second kappa shape index (κ2) is 7.12. The van der Waals surface area contributed by atoms with Gasteiger partial charge in [-0.3, -0.25) is 0 Å². The average Bonchev–Trinajstić information content (AvgIpc) is 3.19. The van der Waals surface area contributed by atoms with Crippen molar-refractivity contribution in [3.8, 4) is 11.5 Å². The minimum Gasteiger partial charge on any atom is -0.457 e. The quantitative estimate of drug-likeness (QED) is 0.650. The van der Waals surface area contributed by atoms with Crippen molar-refractivity contribution in [1.82, 2.24) is 10.2 Å². The van der Waals surface area contributed by atoms with Gasteiger partial charge in [0.2, 0.25) is 0 Å². The lowest BCUT2D eigenvalue weighted by atomic mass is 10.0. The molecule has 1 N–H and O–H groups in total. The molecule has 0 saturated carbocycles. The van der Waals surface area contributed by atoms with Gasteiger partial charge in [0.15, 0.2) is 0 Å². The summed E-state index contributed by atoms with van der Waals surface area (Å²) in [7, 11) is 0. The molecule has 1 unspecified atom stereocenters. The molecule has 0 saturated heterocycles. The summed E-state index contributed by atoms with van der Waals surface area (Å²) in [6, 6.07) is 28.5. The number of nitrogens with one attached hydrogen (secondary N) is 1. The highest BCUT2D eigenvalue weighted by Gasteiger charge is 2.25. The molecule has 136 valence electrons. The summed E-state index contributed by atoms with van der Waals surface area (Å²) in [5.74, 6) is 1.68. The zero-order valence-electron chi connectivity index (χ0n) is 15.3. The fraction of sp³-hybridized carbons (Fsp3) is 0.0400. The third-order valence-electron chi connectivity index (χ3n) is 4.96. The maximum absolute atomic E-state index is 5.89. The summed E-state index contributed by atoms with van der Waals surface area (Å²) in [5.41, 5.74) is 4.76. The van der Waals surface area contributed by atoms with Crippen molar-refractivity contribution in [3.05, 3.63) is 121 Å². The molecule has 3 aromatic rings. The Labute approximate surface area is 164 Å². The molecule has 3 aromatic carbocycles. The van der Waals surface area contributed by atoms with Crippen molar-refractivity contribution in [3.63, 3.8) is 0 Å². The first kappa shape index (κ1) is 16.5. The maximum atomic E-state index is 5.89. The predicted molar refractivity (Wildman–Crippen MR) is 113 cm³/mol. The Morgan fingerprint density at radius 1 is 0.714 bits per heavy atom. The highest BCUT2D eigenvalue weighted by Crippen LogP contribution is 2.32. The Morgan fingerprint density at radius 2 is 1.39 bits per heavy atom. The molecule has 0 radical (unpaired) electrons. The molecule has 2 aliphatic heterocycles. The highest BCUT2D eigenvalue weighted by atomic mass is 16.5. The number of ether oxygens (including phenoxy) is 1. The van der Waals surface area contributed by atoms with E-state index in [4.69, 9.17) is 4.74 Å². The van der Waals surface area contributed by atoms with Crippen molar-refractivity contribution in [1.29, 1.82) is 0 Å². The van der Waals surface area contributed by atoms with E-state index in [1.54, 1.807) is 0 Å². The monoisotopic (exact) mass is 364 g/mol. The summed E-state index contributed by atoms with van der Waals surface area (Å²) in [6.45, 7) is 0. The van der Waals surface area contributed by atoms with E-state index >= 15 is 0 Å². The Balaban J connectivity index is 1.32. The Bertz CT molecular complexity index is 1050. The molecule has 2 heterocycles. The minimum absolute atomic E-state index is 0.135. The number of hydrogen-bond donors (Lipinski definition) is 1. The topological polar surface area (TPSA) is 24.5 Å². The van der Waals surface area contributed by atoms with Crippen LogP contribution in [0.5, 0.6) is 11.5 Å². The van der Waals surface area contributed by atoms with Crippen molar-refractivity contribution < 1.29 is 4.74 Å². The van der Waals surface area contributed by atoms with Crippen LogP contribution in [0.2, 0.25) is 0 Å². The maximum Gasteiger partial charge on any atom is 0.127 e. The van der Waals surface area contributed by atoms with Crippen LogP contribution in [0, 0.1) is 0 Å². The Hall–Kier alpha value is -3.72. The molecule has 3 nitrogen and oxygen atoms in total. The number of para-hydroxylation sites is 1. The van der Waals surface area contributed by atoms with Gasteiger partial charge in [0.05, 0.1) is 5.70 Å². The number of hydrogen-bond acceptors (Lipinski definition) is 3. The van der Waals surface area contributed by atoms with Gasteiger partial charge in [0.1, 0.15) is 17.7 Å². The molecule has 28 heavy (non-hydrogen) atoms. The number of rotatable bonds is 4. The SMILES string of the molecule is C1=CN2C(c3ccccc3)=CNC2C=C1c1ccc(Oc2ccccc2)cc1. The molecule has 0 bridgehead atoms. The van der Waals surface area contributed by atoms with Gasteiger partial charge in [-0.25, -0.2) is 0 Å². The minimum atomic E-state index is 0.135. The largest absolute Gasteiger partial charge is 0.457 e. The molecule has 5 rings (SSSR count). The smallest absolute Gasteiger partial charge is 0.127 e. The first-order valence-electron chi connectivity index (χ1n) is 9.40. The van der Waals surface area contributed by atoms with Gasteiger partial charge in [0, 0.05) is 12.4 Å². The van der Waals surface area contributed by atoms with Gasteiger partial charge in [-0.2, -0.15) is 0 Å². The number of nitrogens with zero attached hydrogens (tertiary/aromatic N) is 1. The van der Waals surface area contributed by atoms with Crippen molar-refractivity contribution in [2.45, 2.75) is 6.17 Å². The molecule has 0 fully saturated rings. The molecule has 0 aliphatic carbocycles. The van der Waals surface area contributed by atoms with Crippen LogP contribution in [-0.4, -0.2) is 11.1 Å². The zero-order chi connectivity index (χ0) is 18.8. The van der Waals surface area contributed by atoms with Gasteiger partial charge in [-0.1, -0.05) is 60.7 Å². The lowest BCUT2D eigenvalue weighted by molar-refractivity contribution is 0.443.